The number of nitrogens with zero attached hydrogens (tertiary/aromatic N) is 2. The van der Waals surface area contributed by atoms with Crippen molar-refractivity contribution in [2.45, 2.75) is 26.7 Å². The first-order chi connectivity index (χ1) is 15.5. The standard InChI is InChI=1S/C26H25N3O2S/c1-17(2)22-8-7-18(3)13-24(22)31-15-25(30)28-21-6-4-5-20(14-21)23-16-32-26(29-23)19-9-11-27-12-10-19/h4-14,16-17H,15H2,1-3H3,(H,28,30). The van der Waals surface area contributed by atoms with Crippen molar-refractivity contribution in [2.24, 2.45) is 0 Å². The highest BCUT2D eigenvalue weighted by Gasteiger charge is 2.12. The van der Waals surface area contributed by atoms with E-state index in [0.29, 0.717) is 11.6 Å². The summed E-state index contributed by atoms with van der Waals surface area (Å²) in [6.45, 7) is 6.20. The lowest BCUT2D eigenvalue weighted by molar-refractivity contribution is -0.118. The Labute approximate surface area is 192 Å². The molecule has 0 saturated heterocycles. The Hall–Kier alpha value is -3.51. The highest BCUT2D eigenvalue weighted by molar-refractivity contribution is 7.13. The molecule has 0 aliphatic heterocycles. The zero-order chi connectivity index (χ0) is 22.5. The summed E-state index contributed by atoms with van der Waals surface area (Å²) in [6.07, 6.45) is 3.52. The molecule has 2 heterocycles. The fourth-order valence-corrected chi connectivity index (χ4v) is 4.21. The fourth-order valence-electron chi connectivity index (χ4n) is 3.37. The molecule has 32 heavy (non-hydrogen) atoms. The highest BCUT2D eigenvalue weighted by Crippen LogP contribution is 2.30. The number of aryl methyl sites for hydroxylation is 1. The van der Waals surface area contributed by atoms with Gasteiger partial charge in [0.05, 0.1) is 5.69 Å². The Morgan fingerprint density at radius 2 is 1.88 bits per heavy atom. The number of nitrogens with one attached hydrogen (secondary N) is 1. The van der Waals surface area contributed by atoms with Gasteiger partial charge < -0.3 is 10.1 Å². The Morgan fingerprint density at radius 1 is 1.06 bits per heavy atom. The zero-order valence-corrected chi connectivity index (χ0v) is 19.1. The Morgan fingerprint density at radius 3 is 2.66 bits per heavy atom. The lowest BCUT2D eigenvalue weighted by Crippen LogP contribution is -2.20. The van der Waals surface area contributed by atoms with Gasteiger partial charge in [0.2, 0.25) is 0 Å². The van der Waals surface area contributed by atoms with Crippen molar-refractivity contribution in [1.29, 1.82) is 0 Å². The molecule has 162 valence electrons. The van der Waals surface area contributed by atoms with Gasteiger partial charge in [-0.3, -0.25) is 9.78 Å². The Kier molecular flexibility index (Phi) is 6.61. The number of benzene rings is 2. The molecule has 2 aromatic heterocycles. The Bertz CT molecular complexity index is 1220. The number of anilines is 1. The number of rotatable bonds is 7. The first-order valence-corrected chi connectivity index (χ1v) is 11.4. The highest BCUT2D eigenvalue weighted by atomic mass is 32.1. The van der Waals surface area contributed by atoms with Crippen molar-refractivity contribution in [3.05, 3.63) is 83.5 Å². The van der Waals surface area contributed by atoms with E-state index in [0.717, 1.165) is 38.7 Å². The van der Waals surface area contributed by atoms with Crippen molar-refractivity contribution >= 4 is 22.9 Å². The van der Waals surface area contributed by atoms with Gasteiger partial charge in [0.25, 0.3) is 5.91 Å². The molecule has 0 aliphatic carbocycles. The lowest BCUT2D eigenvalue weighted by Gasteiger charge is -2.15. The largest absolute Gasteiger partial charge is 0.483 e. The maximum Gasteiger partial charge on any atom is 0.262 e. The number of hydrogen-bond acceptors (Lipinski definition) is 5. The summed E-state index contributed by atoms with van der Waals surface area (Å²) in [5.41, 5.74) is 5.76. The third-order valence-electron chi connectivity index (χ3n) is 5.02. The predicted octanol–water partition coefficient (Wildman–Crippen LogP) is 6.32. The molecule has 0 aliphatic rings. The van der Waals surface area contributed by atoms with E-state index in [2.05, 4.69) is 36.3 Å². The van der Waals surface area contributed by atoms with Gasteiger partial charge in [0.15, 0.2) is 6.61 Å². The molecule has 0 unspecified atom stereocenters. The van der Waals surface area contributed by atoms with Crippen LogP contribution in [-0.4, -0.2) is 22.5 Å². The van der Waals surface area contributed by atoms with Crippen molar-refractivity contribution in [2.75, 3.05) is 11.9 Å². The van der Waals surface area contributed by atoms with E-state index < -0.39 is 0 Å². The summed E-state index contributed by atoms with van der Waals surface area (Å²) in [5, 5.41) is 5.88. The lowest BCUT2D eigenvalue weighted by atomic mass is 10.0. The Balaban J connectivity index is 1.43. The maximum absolute atomic E-state index is 12.5. The summed E-state index contributed by atoms with van der Waals surface area (Å²) in [5.74, 6) is 0.879. The van der Waals surface area contributed by atoms with E-state index in [1.807, 2.05) is 54.8 Å². The number of ether oxygens (including phenoxy) is 1. The topological polar surface area (TPSA) is 64.1 Å². The average molecular weight is 444 g/mol. The van der Waals surface area contributed by atoms with Crippen LogP contribution in [0.3, 0.4) is 0 Å². The van der Waals surface area contributed by atoms with E-state index in [-0.39, 0.29) is 12.5 Å². The van der Waals surface area contributed by atoms with Gasteiger partial charge in [-0.25, -0.2) is 4.98 Å². The molecule has 1 N–H and O–H groups in total. The molecule has 4 rings (SSSR count). The average Bonchev–Trinajstić information content (AvgIpc) is 3.29. The summed E-state index contributed by atoms with van der Waals surface area (Å²) in [4.78, 5) is 21.3. The minimum atomic E-state index is -0.200. The third-order valence-corrected chi connectivity index (χ3v) is 5.91. The van der Waals surface area contributed by atoms with Crippen molar-refractivity contribution < 1.29 is 9.53 Å². The van der Waals surface area contributed by atoms with E-state index >= 15 is 0 Å². The minimum absolute atomic E-state index is 0.0453. The zero-order valence-electron chi connectivity index (χ0n) is 18.3. The van der Waals surface area contributed by atoms with Gasteiger partial charge in [0, 0.05) is 34.6 Å². The van der Waals surface area contributed by atoms with Crippen molar-refractivity contribution in [1.82, 2.24) is 9.97 Å². The monoisotopic (exact) mass is 443 g/mol. The van der Waals surface area contributed by atoms with Crippen molar-refractivity contribution in [3.63, 3.8) is 0 Å². The second-order valence-electron chi connectivity index (χ2n) is 7.89. The van der Waals surface area contributed by atoms with Crippen LogP contribution >= 0.6 is 11.3 Å². The van der Waals surface area contributed by atoms with Crippen LogP contribution in [0.5, 0.6) is 5.75 Å². The first-order valence-electron chi connectivity index (χ1n) is 10.5. The van der Waals surface area contributed by atoms with Gasteiger partial charge in [-0.2, -0.15) is 0 Å². The number of aromatic nitrogens is 2. The molecule has 1 amide bonds. The van der Waals surface area contributed by atoms with Crippen molar-refractivity contribution in [3.8, 4) is 27.6 Å². The summed E-state index contributed by atoms with van der Waals surface area (Å²) < 4.78 is 5.85. The van der Waals surface area contributed by atoms with Crippen LogP contribution in [0.1, 0.15) is 30.9 Å². The summed E-state index contributed by atoms with van der Waals surface area (Å²) >= 11 is 1.58. The second-order valence-corrected chi connectivity index (χ2v) is 8.75. The molecule has 4 aromatic rings. The van der Waals surface area contributed by atoms with Crippen LogP contribution < -0.4 is 10.1 Å². The van der Waals surface area contributed by atoms with Gasteiger partial charge in [0.1, 0.15) is 10.8 Å². The molecule has 0 fully saturated rings. The number of carbonyl (C=O) groups is 1. The van der Waals surface area contributed by atoms with Crippen LogP contribution in [0.15, 0.2) is 72.4 Å². The SMILES string of the molecule is Cc1ccc(C(C)C)c(OCC(=O)Nc2cccc(-c3csc(-c4ccncc4)n3)c2)c1. The van der Waals surface area contributed by atoms with Crippen LogP contribution in [0, 0.1) is 6.92 Å². The van der Waals surface area contributed by atoms with Gasteiger partial charge in [-0.15, -0.1) is 11.3 Å². The minimum Gasteiger partial charge on any atom is -0.483 e. The summed E-state index contributed by atoms with van der Waals surface area (Å²) in [7, 11) is 0. The first kappa shape index (κ1) is 21.7. The maximum atomic E-state index is 12.5. The molecule has 0 radical (unpaired) electrons. The smallest absolute Gasteiger partial charge is 0.262 e. The van der Waals surface area contributed by atoms with Crippen LogP contribution in [0.2, 0.25) is 0 Å². The van der Waals surface area contributed by atoms with Gasteiger partial charge in [-0.1, -0.05) is 38.1 Å². The second kappa shape index (κ2) is 9.75. The van der Waals surface area contributed by atoms with Crippen LogP contribution in [0.25, 0.3) is 21.8 Å². The predicted molar refractivity (Wildman–Crippen MR) is 130 cm³/mol. The fraction of sp³-hybridized carbons (Fsp3) is 0.192. The molecular weight excluding hydrogens is 418 g/mol. The number of amides is 1. The molecular formula is C26H25N3O2S. The van der Waals surface area contributed by atoms with Gasteiger partial charge in [-0.05, 0) is 54.3 Å². The molecule has 6 heteroatoms. The van der Waals surface area contributed by atoms with Crippen LogP contribution in [0.4, 0.5) is 5.69 Å². The normalized spacial score (nSPS) is 10.9. The molecule has 0 atom stereocenters. The molecule has 0 spiro atoms. The third kappa shape index (κ3) is 5.21. The molecule has 2 aromatic carbocycles. The van der Waals surface area contributed by atoms with E-state index in [1.165, 1.54) is 0 Å². The van der Waals surface area contributed by atoms with E-state index in [1.54, 1.807) is 23.7 Å². The quantitative estimate of drug-likeness (QED) is 0.363. The number of pyridine rings is 1. The number of carbonyl (C=O) groups excluding carboxylic acids is 1. The molecule has 0 bridgehead atoms. The van der Waals surface area contributed by atoms with Gasteiger partial charge >= 0.3 is 0 Å². The number of thiazole rings is 1. The molecule has 0 saturated carbocycles. The molecule has 5 nitrogen and oxygen atoms in total. The van der Waals surface area contributed by atoms with Crippen LogP contribution in [-0.2, 0) is 4.79 Å². The number of hydrogen-bond donors (Lipinski definition) is 1. The summed E-state index contributed by atoms with van der Waals surface area (Å²) in [6, 6.07) is 17.7. The van der Waals surface area contributed by atoms with E-state index in [4.69, 9.17) is 9.72 Å². The van der Waals surface area contributed by atoms with E-state index in [9.17, 15) is 4.79 Å².